The van der Waals surface area contributed by atoms with Crippen molar-refractivity contribution in [2.45, 2.75) is 13.5 Å². The predicted octanol–water partition coefficient (Wildman–Crippen LogP) is 1.89. The Bertz CT molecular complexity index is 621. The first-order valence-corrected chi connectivity index (χ1v) is 6.17. The van der Waals surface area contributed by atoms with Gasteiger partial charge in [0.15, 0.2) is 0 Å². The van der Waals surface area contributed by atoms with E-state index >= 15 is 0 Å². The van der Waals surface area contributed by atoms with Gasteiger partial charge in [0.25, 0.3) is 5.91 Å². The number of nitrogens with two attached hydrogens (primary N) is 1. The monoisotopic (exact) mass is 278 g/mol. The summed E-state index contributed by atoms with van der Waals surface area (Å²) in [6.45, 7) is 2.30. The second-order valence-corrected chi connectivity index (χ2v) is 4.74. The number of halogens is 1. The van der Waals surface area contributed by atoms with Crippen LogP contribution in [-0.4, -0.2) is 15.7 Å². The predicted molar refractivity (Wildman–Crippen MR) is 75.0 cm³/mol. The number of hydrogen-bond acceptors (Lipinski definition) is 3. The summed E-state index contributed by atoms with van der Waals surface area (Å²) in [6.07, 6.45) is 1.87. The molecule has 0 unspecified atom stereocenters. The molecule has 19 heavy (non-hydrogen) atoms. The highest BCUT2D eigenvalue weighted by Gasteiger charge is 2.11. The minimum atomic E-state index is -0.249. The topological polar surface area (TPSA) is 72.9 Å². The zero-order valence-electron chi connectivity index (χ0n) is 10.8. The average molecular weight is 279 g/mol. The van der Waals surface area contributed by atoms with E-state index in [0.717, 1.165) is 11.3 Å². The van der Waals surface area contributed by atoms with Gasteiger partial charge in [0.1, 0.15) is 0 Å². The number of rotatable bonds is 3. The van der Waals surface area contributed by atoms with Crippen molar-refractivity contribution in [1.29, 1.82) is 0 Å². The molecule has 0 bridgehead atoms. The Morgan fingerprint density at radius 2 is 2.26 bits per heavy atom. The number of hydrogen-bond donors (Lipinski definition) is 2. The molecule has 1 aromatic heterocycles. The molecule has 0 aliphatic heterocycles. The molecule has 0 saturated heterocycles. The summed E-state index contributed by atoms with van der Waals surface area (Å²) < 4.78 is 1.71. The first kappa shape index (κ1) is 13.4. The maximum Gasteiger partial charge on any atom is 0.253 e. The highest BCUT2D eigenvalue weighted by Crippen LogP contribution is 2.18. The van der Waals surface area contributed by atoms with Gasteiger partial charge in [-0.1, -0.05) is 11.6 Å². The van der Waals surface area contributed by atoms with E-state index in [2.05, 4.69) is 10.4 Å². The van der Waals surface area contributed by atoms with E-state index in [4.69, 9.17) is 17.3 Å². The zero-order chi connectivity index (χ0) is 14.0. The quantitative estimate of drug-likeness (QED) is 0.842. The molecule has 1 heterocycles. The van der Waals surface area contributed by atoms with Crippen LogP contribution >= 0.6 is 11.6 Å². The van der Waals surface area contributed by atoms with Crippen LogP contribution in [0.2, 0.25) is 5.02 Å². The van der Waals surface area contributed by atoms with E-state index in [1.165, 1.54) is 0 Å². The van der Waals surface area contributed by atoms with Gasteiger partial charge in [-0.15, -0.1) is 0 Å². The van der Waals surface area contributed by atoms with Gasteiger partial charge >= 0.3 is 0 Å². The Kier molecular flexibility index (Phi) is 3.76. The summed E-state index contributed by atoms with van der Waals surface area (Å²) in [5.41, 5.74) is 8.39. The van der Waals surface area contributed by atoms with Crippen molar-refractivity contribution in [3.05, 3.63) is 46.2 Å². The van der Waals surface area contributed by atoms with Gasteiger partial charge < -0.3 is 11.1 Å². The van der Waals surface area contributed by atoms with Crippen LogP contribution in [0.5, 0.6) is 0 Å². The van der Waals surface area contributed by atoms with E-state index in [9.17, 15) is 4.79 Å². The van der Waals surface area contributed by atoms with Crippen LogP contribution < -0.4 is 11.1 Å². The van der Waals surface area contributed by atoms with Crippen molar-refractivity contribution >= 4 is 23.2 Å². The number of carbonyl (C=O) groups excluding carboxylic acids is 1. The van der Waals surface area contributed by atoms with Crippen LogP contribution in [0.25, 0.3) is 0 Å². The van der Waals surface area contributed by atoms with E-state index in [0.29, 0.717) is 22.8 Å². The van der Waals surface area contributed by atoms with Gasteiger partial charge in [0, 0.05) is 31.0 Å². The summed E-state index contributed by atoms with van der Waals surface area (Å²) in [6, 6.07) is 4.83. The number of amides is 1. The summed E-state index contributed by atoms with van der Waals surface area (Å²) in [7, 11) is 1.84. The minimum absolute atomic E-state index is 0.249. The molecule has 1 aromatic carbocycles. The van der Waals surface area contributed by atoms with Crippen LogP contribution in [0.3, 0.4) is 0 Å². The second kappa shape index (κ2) is 5.32. The van der Waals surface area contributed by atoms with Crippen molar-refractivity contribution in [3.8, 4) is 0 Å². The molecule has 0 radical (unpaired) electrons. The highest BCUT2D eigenvalue weighted by molar-refractivity contribution is 6.34. The lowest BCUT2D eigenvalue weighted by Gasteiger charge is -2.07. The van der Waals surface area contributed by atoms with Crippen molar-refractivity contribution in [2.75, 3.05) is 5.73 Å². The smallest absolute Gasteiger partial charge is 0.253 e. The molecule has 2 aromatic rings. The third-order valence-corrected chi connectivity index (χ3v) is 3.12. The second-order valence-electron chi connectivity index (χ2n) is 4.34. The molecule has 2 rings (SSSR count). The van der Waals surface area contributed by atoms with Gasteiger partial charge in [-0.25, -0.2) is 0 Å². The van der Waals surface area contributed by atoms with Crippen LogP contribution in [0.4, 0.5) is 5.69 Å². The van der Waals surface area contributed by atoms with Gasteiger partial charge in [-0.05, 0) is 25.1 Å². The van der Waals surface area contributed by atoms with Crippen LogP contribution in [-0.2, 0) is 13.6 Å². The lowest BCUT2D eigenvalue weighted by molar-refractivity contribution is 0.0951. The van der Waals surface area contributed by atoms with Crippen LogP contribution in [0.15, 0.2) is 24.4 Å². The Hall–Kier alpha value is -2.01. The third-order valence-electron chi connectivity index (χ3n) is 2.79. The van der Waals surface area contributed by atoms with E-state index in [-0.39, 0.29) is 5.91 Å². The molecule has 0 saturated carbocycles. The number of benzene rings is 1. The molecule has 0 aliphatic rings. The first-order chi connectivity index (χ1) is 8.97. The van der Waals surface area contributed by atoms with E-state index < -0.39 is 0 Å². The average Bonchev–Trinajstić information content (AvgIpc) is 2.68. The number of carbonyl (C=O) groups is 1. The maximum absolute atomic E-state index is 12.0. The summed E-state index contributed by atoms with van der Waals surface area (Å²) in [4.78, 5) is 12.0. The number of aromatic nitrogens is 2. The van der Waals surface area contributed by atoms with Gasteiger partial charge in [-0.3, -0.25) is 9.48 Å². The Morgan fingerprint density at radius 3 is 2.89 bits per heavy atom. The highest BCUT2D eigenvalue weighted by atomic mass is 35.5. The molecular weight excluding hydrogens is 264 g/mol. The largest absolute Gasteiger partial charge is 0.399 e. The molecule has 1 amide bonds. The fourth-order valence-corrected chi connectivity index (χ4v) is 2.01. The molecular formula is C13H15ClN4O. The number of aryl methyl sites for hydroxylation is 2. The molecule has 0 spiro atoms. The lowest BCUT2D eigenvalue weighted by atomic mass is 10.2. The summed E-state index contributed by atoms with van der Waals surface area (Å²) in [5, 5.41) is 7.40. The summed E-state index contributed by atoms with van der Waals surface area (Å²) >= 11 is 5.98. The van der Waals surface area contributed by atoms with Crippen molar-refractivity contribution < 1.29 is 4.79 Å². The van der Waals surface area contributed by atoms with Crippen molar-refractivity contribution in [2.24, 2.45) is 7.05 Å². The molecule has 0 aliphatic carbocycles. The zero-order valence-corrected chi connectivity index (χ0v) is 11.5. The third kappa shape index (κ3) is 3.06. The van der Waals surface area contributed by atoms with Crippen LogP contribution in [0.1, 0.15) is 21.6 Å². The minimum Gasteiger partial charge on any atom is -0.399 e. The molecule has 3 N–H and O–H groups in total. The van der Waals surface area contributed by atoms with E-state index in [1.54, 1.807) is 22.9 Å². The van der Waals surface area contributed by atoms with E-state index in [1.807, 2.05) is 20.2 Å². The standard InChI is InChI=1S/C13H15ClN4O/c1-8-9(7-18(2)17-8)6-16-13(19)11-5-10(15)3-4-12(11)14/h3-5,7H,6,15H2,1-2H3,(H,16,19). The molecule has 100 valence electrons. The SMILES string of the molecule is Cc1nn(C)cc1CNC(=O)c1cc(N)ccc1Cl. The van der Waals surface area contributed by atoms with Crippen molar-refractivity contribution in [3.63, 3.8) is 0 Å². The van der Waals surface area contributed by atoms with Gasteiger partial charge in [-0.2, -0.15) is 5.10 Å². The van der Waals surface area contributed by atoms with Gasteiger partial charge in [0.05, 0.1) is 16.3 Å². The number of nitrogens with one attached hydrogen (secondary N) is 1. The Balaban J connectivity index is 2.09. The molecule has 6 heteroatoms. The molecule has 5 nitrogen and oxygen atoms in total. The number of nitrogens with zero attached hydrogens (tertiary/aromatic N) is 2. The lowest BCUT2D eigenvalue weighted by Crippen LogP contribution is -2.23. The molecule has 0 fully saturated rings. The fourth-order valence-electron chi connectivity index (χ4n) is 1.81. The Labute approximate surface area is 116 Å². The fraction of sp³-hybridized carbons (Fsp3) is 0.231. The van der Waals surface area contributed by atoms with Crippen molar-refractivity contribution in [1.82, 2.24) is 15.1 Å². The molecule has 0 atom stereocenters. The Morgan fingerprint density at radius 1 is 1.53 bits per heavy atom. The number of anilines is 1. The first-order valence-electron chi connectivity index (χ1n) is 5.79. The van der Waals surface area contributed by atoms with Gasteiger partial charge in [0.2, 0.25) is 0 Å². The number of nitrogen functional groups attached to an aromatic ring is 1. The normalized spacial score (nSPS) is 10.5. The maximum atomic E-state index is 12.0. The van der Waals surface area contributed by atoms with Crippen LogP contribution in [0, 0.1) is 6.92 Å². The summed E-state index contributed by atoms with van der Waals surface area (Å²) in [5.74, 6) is -0.249.